The molecule has 3 heterocycles. The Morgan fingerprint density at radius 2 is 2.15 bits per heavy atom. The summed E-state index contributed by atoms with van der Waals surface area (Å²) in [6, 6.07) is 7.88. The van der Waals surface area contributed by atoms with Crippen LogP contribution in [0, 0.1) is 6.92 Å². The second kappa shape index (κ2) is 7.08. The van der Waals surface area contributed by atoms with E-state index in [2.05, 4.69) is 15.3 Å². The van der Waals surface area contributed by atoms with Crippen molar-refractivity contribution < 1.29 is 4.79 Å². The highest BCUT2D eigenvalue weighted by molar-refractivity contribution is 5.94. The molecular formula is C20H24N6O. The van der Waals surface area contributed by atoms with Gasteiger partial charge in [0, 0.05) is 41.8 Å². The van der Waals surface area contributed by atoms with Crippen LogP contribution in [0.3, 0.4) is 0 Å². The van der Waals surface area contributed by atoms with Crippen molar-refractivity contribution in [2.75, 3.05) is 6.54 Å². The van der Waals surface area contributed by atoms with Gasteiger partial charge in [0.15, 0.2) is 5.69 Å². The fraction of sp³-hybridized carbons (Fsp3) is 0.400. The quantitative estimate of drug-likeness (QED) is 0.771. The van der Waals surface area contributed by atoms with E-state index in [0.717, 1.165) is 48.0 Å². The van der Waals surface area contributed by atoms with Crippen LogP contribution >= 0.6 is 0 Å². The Morgan fingerprint density at radius 1 is 1.30 bits per heavy atom. The highest BCUT2D eigenvalue weighted by Crippen LogP contribution is 2.25. The first-order valence-corrected chi connectivity index (χ1v) is 9.40. The first-order chi connectivity index (χ1) is 13.1. The van der Waals surface area contributed by atoms with Crippen molar-refractivity contribution in [2.24, 2.45) is 5.73 Å². The smallest absolute Gasteiger partial charge is 0.276 e. The monoisotopic (exact) mass is 364 g/mol. The van der Waals surface area contributed by atoms with E-state index < -0.39 is 0 Å². The molecule has 2 aromatic heterocycles. The molecule has 0 spiro atoms. The lowest BCUT2D eigenvalue weighted by molar-refractivity contribution is 0.0577. The molecule has 27 heavy (non-hydrogen) atoms. The maximum Gasteiger partial charge on any atom is 0.276 e. The molecule has 2 atom stereocenters. The third-order valence-corrected chi connectivity index (χ3v) is 5.40. The number of amides is 1. The fourth-order valence-electron chi connectivity index (χ4n) is 3.94. The van der Waals surface area contributed by atoms with Crippen molar-refractivity contribution in [1.82, 2.24) is 24.9 Å². The molecule has 3 aromatic rings. The van der Waals surface area contributed by atoms with Crippen LogP contribution in [0.1, 0.15) is 42.4 Å². The summed E-state index contributed by atoms with van der Waals surface area (Å²) in [4.78, 5) is 19.2. The molecule has 140 valence electrons. The number of likely N-dealkylation sites (tertiary alicyclic amines) is 1. The largest absolute Gasteiger partial charge is 0.333 e. The Kier molecular flexibility index (Phi) is 4.61. The van der Waals surface area contributed by atoms with E-state index in [1.165, 1.54) is 0 Å². The van der Waals surface area contributed by atoms with E-state index in [-0.39, 0.29) is 18.0 Å². The summed E-state index contributed by atoms with van der Waals surface area (Å²) in [5.74, 6) is -0.0809. The van der Waals surface area contributed by atoms with Crippen LogP contribution in [0.2, 0.25) is 0 Å². The van der Waals surface area contributed by atoms with Gasteiger partial charge in [0.05, 0.1) is 11.4 Å². The van der Waals surface area contributed by atoms with Crippen molar-refractivity contribution in [1.29, 1.82) is 0 Å². The topological polar surface area (TPSA) is 89.9 Å². The molecule has 2 N–H and O–H groups in total. The maximum atomic E-state index is 13.2. The number of nitrogens with two attached hydrogens (primary N) is 1. The van der Waals surface area contributed by atoms with Gasteiger partial charge in [-0.2, -0.15) is 0 Å². The third-order valence-electron chi connectivity index (χ3n) is 5.40. The van der Waals surface area contributed by atoms with Crippen LogP contribution in [0.25, 0.3) is 16.5 Å². The number of fused-ring (bicyclic) bond motifs is 1. The molecule has 7 heteroatoms. The normalized spacial score (nSPS) is 18.6. The summed E-state index contributed by atoms with van der Waals surface area (Å²) in [5, 5.41) is 10.6. The molecule has 1 saturated heterocycles. The van der Waals surface area contributed by atoms with E-state index in [9.17, 15) is 4.79 Å². The average molecular weight is 364 g/mol. The van der Waals surface area contributed by atoms with Crippen molar-refractivity contribution in [3.63, 3.8) is 0 Å². The number of carbonyl (C=O) groups excluding carboxylic acids is 1. The molecule has 0 radical (unpaired) electrons. The molecule has 7 nitrogen and oxygen atoms in total. The highest BCUT2D eigenvalue weighted by atomic mass is 16.2. The SMILES string of the molecule is Cc1c(C(=O)N2CCCCC2C(C)N)nnn1-c1cccc2cnccc12. The van der Waals surface area contributed by atoms with E-state index in [4.69, 9.17) is 5.73 Å². The van der Waals surface area contributed by atoms with Crippen molar-refractivity contribution in [2.45, 2.75) is 45.2 Å². The van der Waals surface area contributed by atoms with E-state index in [1.807, 2.05) is 49.2 Å². The summed E-state index contributed by atoms with van der Waals surface area (Å²) in [6.07, 6.45) is 6.61. The first kappa shape index (κ1) is 17.6. The standard InChI is InChI=1S/C20H24N6O/c1-13(21)17-7-3-4-11-25(17)20(27)19-14(2)26(24-23-19)18-8-5-6-15-12-22-10-9-16(15)18/h5-6,8-10,12-13,17H,3-4,7,11,21H2,1-2H3. The van der Waals surface area contributed by atoms with Gasteiger partial charge in [-0.3, -0.25) is 9.78 Å². The van der Waals surface area contributed by atoms with Gasteiger partial charge >= 0.3 is 0 Å². The number of hydrogen-bond acceptors (Lipinski definition) is 5. The molecule has 1 aromatic carbocycles. The summed E-state index contributed by atoms with van der Waals surface area (Å²) in [5.41, 5.74) is 8.15. The maximum absolute atomic E-state index is 13.2. The Hall–Kier alpha value is -2.80. The number of aromatic nitrogens is 4. The summed E-state index contributed by atoms with van der Waals surface area (Å²) in [7, 11) is 0. The number of hydrogen-bond donors (Lipinski definition) is 1. The zero-order valence-corrected chi connectivity index (χ0v) is 15.7. The van der Waals surface area contributed by atoms with Crippen molar-refractivity contribution in [3.8, 4) is 5.69 Å². The summed E-state index contributed by atoms with van der Waals surface area (Å²) >= 11 is 0. The minimum atomic E-state index is -0.0809. The van der Waals surface area contributed by atoms with Crippen LogP contribution in [0.4, 0.5) is 0 Å². The fourth-order valence-corrected chi connectivity index (χ4v) is 3.94. The number of pyridine rings is 1. The van der Waals surface area contributed by atoms with Gasteiger partial charge in [0.25, 0.3) is 5.91 Å². The molecule has 1 aliphatic heterocycles. The number of piperidine rings is 1. The molecule has 2 unspecified atom stereocenters. The molecule has 0 saturated carbocycles. The highest BCUT2D eigenvalue weighted by Gasteiger charge is 2.32. The van der Waals surface area contributed by atoms with Crippen LogP contribution in [-0.4, -0.2) is 49.4 Å². The predicted molar refractivity (Wildman–Crippen MR) is 104 cm³/mol. The minimum Gasteiger partial charge on any atom is -0.333 e. The van der Waals surface area contributed by atoms with Gasteiger partial charge in [-0.15, -0.1) is 5.10 Å². The number of rotatable bonds is 3. The lowest BCUT2D eigenvalue weighted by Crippen LogP contribution is -2.51. The number of benzene rings is 1. The van der Waals surface area contributed by atoms with Gasteiger partial charge in [-0.05, 0) is 45.2 Å². The lowest BCUT2D eigenvalue weighted by Gasteiger charge is -2.37. The van der Waals surface area contributed by atoms with Gasteiger partial charge in [0.1, 0.15) is 0 Å². The zero-order valence-electron chi connectivity index (χ0n) is 15.7. The van der Waals surface area contributed by atoms with Gasteiger partial charge in [-0.1, -0.05) is 17.3 Å². The molecular weight excluding hydrogens is 340 g/mol. The number of carbonyl (C=O) groups is 1. The molecule has 0 bridgehead atoms. The zero-order chi connectivity index (χ0) is 19.0. The molecule has 4 rings (SSSR count). The lowest BCUT2D eigenvalue weighted by atomic mass is 9.96. The van der Waals surface area contributed by atoms with Crippen LogP contribution in [0.5, 0.6) is 0 Å². The average Bonchev–Trinajstić information content (AvgIpc) is 3.08. The van der Waals surface area contributed by atoms with Crippen molar-refractivity contribution in [3.05, 3.63) is 48.0 Å². The Labute approximate surface area is 158 Å². The van der Waals surface area contributed by atoms with Crippen LogP contribution < -0.4 is 5.73 Å². The molecule has 0 aliphatic carbocycles. The Balaban J connectivity index is 1.73. The van der Waals surface area contributed by atoms with Gasteiger partial charge in [-0.25, -0.2) is 4.68 Å². The van der Waals surface area contributed by atoms with Gasteiger partial charge < -0.3 is 10.6 Å². The first-order valence-electron chi connectivity index (χ1n) is 9.40. The minimum absolute atomic E-state index is 0.0550. The second-order valence-corrected chi connectivity index (χ2v) is 7.23. The van der Waals surface area contributed by atoms with Crippen LogP contribution in [-0.2, 0) is 0 Å². The Bertz CT molecular complexity index is 974. The summed E-state index contributed by atoms with van der Waals surface area (Å²) < 4.78 is 1.74. The second-order valence-electron chi connectivity index (χ2n) is 7.23. The van der Waals surface area contributed by atoms with Gasteiger partial charge in [0.2, 0.25) is 0 Å². The molecule has 1 amide bonds. The van der Waals surface area contributed by atoms with E-state index in [0.29, 0.717) is 5.69 Å². The van der Waals surface area contributed by atoms with Crippen LogP contribution in [0.15, 0.2) is 36.7 Å². The Morgan fingerprint density at radius 3 is 2.96 bits per heavy atom. The number of nitrogens with zero attached hydrogens (tertiary/aromatic N) is 5. The molecule has 1 aliphatic rings. The van der Waals surface area contributed by atoms with Crippen molar-refractivity contribution >= 4 is 16.7 Å². The third kappa shape index (κ3) is 3.08. The van der Waals surface area contributed by atoms with E-state index >= 15 is 0 Å². The molecule has 1 fully saturated rings. The van der Waals surface area contributed by atoms with E-state index in [1.54, 1.807) is 10.9 Å². The predicted octanol–water partition coefficient (Wildman–Crippen LogP) is 2.47. The summed E-state index contributed by atoms with van der Waals surface area (Å²) in [6.45, 7) is 4.57.